The average molecular weight is 345 g/mol. The van der Waals surface area contributed by atoms with E-state index in [4.69, 9.17) is 11.6 Å². The van der Waals surface area contributed by atoms with Gasteiger partial charge in [-0.05, 0) is 25.0 Å². The van der Waals surface area contributed by atoms with E-state index >= 15 is 0 Å². The summed E-state index contributed by atoms with van der Waals surface area (Å²) in [7, 11) is -4.29. The summed E-state index contributed by atoms with van der Waals surface area (Å²) in [6.07, 6.45) is -2.91. The molecule has 0 amide bonds. The zero-order valence-electron chi connectivity index (χ0n) is 11.6. The number of hydrogen-bond acceptors (Lipinski definition) is 3. The van der Waals surface area contributed by atoms with Crippen LogP contribution >= 0.6 is 11.6 Å². The first-order valence-electron chi connectivity index (χ1n) is 6.32. The van der Waals surface area contributed by atoms with Gasteiger partial charge >= 0.3 is 6.18 Å². The Balaban J connectivity index is 3.29. The Morgan fingerprint density at radius 3 is 2.33 bits per heavy atom. The number of halogens is 4. The largest absolute Gasteiger partial charge is 0.402 e. The minimum absolute atomic E-state index is 0.0902. The fourth-order valence-corrected chi connectivity index (χ4v) is 3.97. The second kappa shape index (κ2) is 6.93. The van der Waals surface area contributed by atoms with Crippen LogP contribution in [0.5, 0.6) is 0 Å². The summed E-state index contributed by atoms with van der Waals surface area (Å²) in [5, 5.41) is -0.0902. The van der Waals surface area contributed by atoms with E-state index in [9.17, 15) is 21.6 Å². The molecule has 0 N–H and O–H groups in total. The molecule has 0 aromatic carbocycles. The van der Waals surface area contributed by atoms with Crippen LogP contribution in [-0.4, -0.2) is 36.5 Å². The maximum Gasteiger partial charge on any atom is 0.402 e. The van der Waals surface area contributed by atoms with Gasteiger partial charge in [0.05, 0.1) is 4.90 Å². The van der Waals surface area contributed by atoms with Gasteiger partial charge in [-0.2, -0.15) is 17.5 Å². The van der Waals surface area contributed by atoms with E-state index in [0.717, 1.165) is 18.3 Å². The molecule has 0 radical (unpaired) electrons. The molecule has 1 heterocycles. The first-order valence-corrected chi connectivity index (χ1v) is 8.13. The van der Waals surface area contributed by atoms with Crippen molar-refractivity contribution in [1.82, 2.24) is 9.29 Å². The Morgan fingerprint density at radius 1 is 1.33 bits per heavy atom. The Bertz CT molecular complexity index is 574. The van der Waals surface area contributed by atoms with Crippen LogP contribution < -0.4 is 0 Å². The summed E-state index contributed by atoms with van der Waals surface area (Å²) in [5.41, 5.74) is 0. The molecule has 0 unspecified atom stereocenters. The molecule has 0 spiro atoms. The molecule has 21 heavy (non-hydrogen) atoms. The normalized spacial score (nSPS) is 13.1. The fraction of sp³-hybridized carbons (Fsp3) is 0.583. The van der Waals surface area contributed by atoms with E-state index in [-0.39, 0.29) is 22.9 Å². The molecule has 1 rings (SSSR count). The van der Waals surface area contributed by atoms with Gasteiger partial charge in [0.25, 0.3) is 0 Å². The van der Waals surface area contributed by atoms with Crippen molar-refractivity contribution in [2.45, 2.75) is 43.8 Å². The summed E-state index contributed by atoms with van der Waals surface area (Å²) >= 11 is 5.62. The molecule has 0 fully saturated rings. The van der Waals surface area contributed by atoms with Crippen molar-refractivity contribution in [2.75, 3.05) is 6.54 Å². The van der Waals surface area contributed by atoms with Crippen molar-refractivity contribution in [1.29, 1.82) is 0 Å². The summed E-state index contributed by atoms with van der Waals surface area (Å²) in [5.74, 6) is 0. The third-order valence-electron chi connectivity index (χ3n) is 2.99. The number of alkyl halides is 3. The van der Waals surface area contributed by atoms with Gasteiger partial charge in [0.2, 0.25) is 10.0 Å². The molecule has 0 bridgehead atoms. The lowest BCUT2D eigenvalue weighted by atomic mass is 10.2. The van der Waals surface area contributed by atoms with Gasteiger partial charge in [-0.1, -0.05) is 25.4 Å². The predicted octanol–water partition coefficient (Wildman–Crippen LogP) is 3.48. The molecule has 1 aromatic rings. The van der Waals surface area contributed by atoms with Crippen LogP contribution in [0, 0.1) is 0 Å². The van der Waals surface area contributed by atoms with Gasteiger partial charge < -0.3 is 0 Å². The maximum absolute atomic E-state index is 12.7. The zero-order chi connectivity index (χ0) is 16.3. The minimum atomic E-state index is -4.62. The Kier molecular flexibility index (Phi) is 6.01. The highest BCUT2D eigenvalue weighted by molar-refractivity contribution is 7.89. The molecule has 0 aliphatic rings. The molecule has 120 valence electrons. The average Bonchev–Trinajstić information content (AvgIpc) is 2.37. The van der Waals surface area contributed by atoms with Crippen LogP contribution in [0.4, 0.5) is 13.2 Å². The zero-order valence-corrected chi connectivity index (χ0v) is 13.1. The molecular weight excluding hydrogens is 329 g/mol. The Morgan fingerprint density at radius 2 is 1.90 bits per heavy atom. The lowest BCUT2D eigenvalue weighted by Crippen LogP contribution is -2.45. The smallest absolute Gasteiger partial charge is 0.244 e. The SMILES string of the molecule is CCC(CC)N(CC(F)(F)F)S(=O)(=O)c1ccnc(Cl)c1. The second-order valence-corrected chi connectivity index (χ2v) is 6.73. The van der Waals surface area contributed by atoms with Crippen molar-refractivity contribution < 1.29 is 21.6 Å². The molecule has 0 atom stereocenters. The van der Waals surface area contributed by atoms with Crippen molar-refractivity contribution in [2.24, 2.45) is 0 Å². The summed E-state index contributed by atoms with van der Waals surface area (Å²) in [6, 6.07) is 1.44. The lowest BCUT2D eigenvalue weighted by molar-refractivity contribution is -0.139. The highest BCUT2D eigenvalue weighted by atomic mass is 35.5. The quantitative estimate of drug-likeness (QED) is 0.742. The number of nitrogens with zero attached hydrogens (tertiary/aromatic N) is 2. The van der Waals surface area contributed by atoms with E-state index in [1.807, 2.05) is 0 Å². The standard InChI is InChI=1S/C12H16ClF3N2O2S/c1-3-9(4-2)18(8-12(14,15)16)21(19,20)10-5-6-17-11(13)7-10/h5-7,9H,3-4,8H2,1-2H3. The van der Waals surface area contributed by atoms with Gasteiger partial charge in [0, 0.05) is 12.2 Å². The summed E-state index contributed by atoms with van der Waals surface area (Å²) in [4.78, 5) is 3.34. The maximum atomic E-state index is 12.7. The van der Waals surface area contributed by atoms with Gasteiger partial charge in [-0.3, -0.25) is 0 Å². The van der Waals surface area contributed by atoms with Crippen molar-refractivity contribution >= 4 is 21.6 Å². The topological polar surface area (TPSA) is 50.3 Å². The van der Waals surface area contributed by atoms with Crippen LogP contribution in [0.2, 0.25) is 5.15 Å². The van der Waals surface area contributed by atoms with Crippen LogP contribution in [0.1, 0.15) is 26.7 Å². The number of aromatic nitrogens is 1. The van der Waals surface area contributed by atoms with Crippen LogP contribution in [-0.2, 0) is 10.0 Å². The third-order valence-corrected chi connectivity index (χ3v) is 5.09. The van der Waals surface area contributed by atoms with Crippen LogP contribution in [0.3, 0.4) is 0 Å². The number of sulfonamides is 1. The molecule has 0 saturated heterocycles. The van der Waals surface area contributed by atoms with Crippen molar-refractivity contribution in [3.8, 4) is 0 Å². The molecule has 0 saturated carbocycles. The predicted molar refractivity (Wildman–Crippen MR) is 73.6 cm³/mol. The molecule has 1 aromatic heterocycles. The van der Waals surface area contributed by atoms with Crippen LogP contribution in [0.25, 0.3) is 0 Å². The Labute approximate surface area is 127 Å². The van der Waals surface area contributed by atoms with Crippen LogP contribution in [0.15, 0.2) is 23.2 Å². The van der Waals surface area contributed by atoms with Gasteiger partial charge in [-0.25, -0.2) is 13.4 Å². The lowest BCUT2D eigenvalue weighted by Gasteiger charge is -2.30. The third kappa shape index (κ3) is 4.82. The first kappa shape index (κ1) is 18.2. The van der Waals surface area contributed by atoms with E-state index in [1.165, 1.54) is 0 Å². The highest BCUT2D eigenvalue weighted by Crippen LogP contribution is 2.27. The molecule has 4 nitrogen and oxygen atoms in total. The molecular formula is C12H16ClF3N2O2S. The second-order valence-electron chi connectivity index (χ2n) is 4.45. The first-order chi connectivity index (χ1) is 9.61. The van der Waals surface area contributed by atoms with E-state index in [2.05, 4.69) is 4.98 Å². The molecule has 0 aliphatic heterocycles. The molecule has 9 heteroatoms. The monoisotopic (exact) mass is 344 g/mol. The van der Waals surface area contributed by atoms with E-state index in [0.29, 0.717) is 4.31 Å². The number of pyridine rings is 1. The fourth-order valence-electron chi connectivity index (χ4n) is 1.96. The van der Waals surface area contributed by atoms with E-state index < -0.39 is 28.8 Å². The van der Waals surface area contributed by atoms with Gasteiger partial charge in [0.15, 0.2) is 0 Å². The van der Waals surface area contributed by atoms with Crippen molar-refractivity contribution in [3.05, 3.63) is 23.5 Å². The number of hydrogen-bond donors (Lipinski definition) is 0. The number of rotatable bonds is 6. The summed E-state index contributed by atoms with van der Waals surface area (Å²) < 4.78 is 63.6. The van der Waals surface area contributed by atoms with E-state index in [1.54, 1.807) is 13.8 Å². The highest BCUT2D eigenvalue weighted by Gasteiger charge is 2.40. The summed E-state index contributed by atoms with van der Waals surface area (Å²) in [6.45, 7) is 1.76. The minimum Gasteiger partial charge on any atom is -0.244 e. The van der Waals surface area contributed by atoms with Gasteiger partial charge in [-0.15, -0.1) is 0 Å². The molecule has 0 aliphatic carbocycles. The van der Waals surface area contributed by atoms with Gasteiger partial charge in [0.1, 0.15) is 11.7 Å². The van der Waals surface area contributed by atoms with Crippen molar-refractivity contribution in [3.63, 3.8) is 0 Å². The Hall–Kier alpha value is -0.860.